The first-order chi connectivity index (χ1) is 37.4. The molecule has 3 aromatic heterocycles. The Morgan fingerprint density at radius 1 is 0.474 bits per heavy atom. The highest BCUT2D eigenvalue weighted by atomic mass is 32.2. The minimum atomic E-state index is -2.61. The smallest absolute Gasteiger partial charge is 0.308 e. The van der Waals surface area contributed by atoms with Gasteiger partial charge in [-0.25, -0.2) is 19.3 Å². The lowest BCUT2D eigenvalue weighted by Gasteiger charge is -2.13. The molecule has 17 heteroatoms. The third-order valence-corrected chi connectivity index (χ3v) is 12.1. The topological polar surface area (TPSA) is 291 Å². The molecule has 0 bridgehead atoms. The van der Waals surface area contributed by atoms with Crippen LogP contribution in [0.5, 0.6) is 0 Å². The van der Waals surface area contributed by atoms with Gasteiger partial charge in [-0.3, -0.25) is 19.4 Å². The molecule has 3 amide bonds. The number of anilines is 2. The number of pyridine rings is 2. The van der Waals surface area contributed by atoms with E-state index < -0.39 is 10.5 Å². The van der Waals surface area contributed by atoms with Gasteiger partial charge in [-0.1, -0.05) is 109 Å². The highest BCUT2D eigenvalue weighted by Crippen LogP contribution is 2.34. The molecule has 0 radical (unpaired) electrons. The van der Waals surface area contributed by atoms with E-state index in [1.165, 1.54) is 24.0 Å². The summed E-state index contributed by atoms with van der Waals surface area (Å²) in [4.78, 5) is 50.0. The molecule has 396 valence electrons. The predicted molar refractivity (Wildman–Crippen MR) is 306 cm³/mol. The van der Waals surface area contributed by atoms with E-state index in [1.54, 1.807) is 36.9 Å². The maximum Gasteiger partial charge on any atom is 0.308 e. The average Bonchev–Trinajstić information content (AvgIpc) is 3.47. The third kappa shape index (κ3) is 17.7. The quantitative estimate of drug-likeness (QED) is 0.0525. The number of nitrogens with one attached hydrogen (secondary N) is 1. The van der Waals surface area contributed by atoms with Crippen LogP contribution in [-0.2, 0) is 44.1 Å². The van der Waals surface area contributed by atoms with Gasteiger partial charge in [-0.05, 0) is 159 Å². The molecule has 78 heavy (non-hydrogen) atoms. The van der Waals surface area contributed by atoms with E-state index in [0.29, 0.717) is 44.3 Å². The van der Waals surface area contributed by atoms with Gasteiger partial charge in [0.2, 0.25) is 17.7 Å². The Labute approximate surface area is 454 Å². The van der Waals surface area contributed by atoms with Crippen LogP contribution in [0.15, 0.2) is 183 Å². The summed E-state index contributed by atoms with van der Waals surface area (Å²) < 4.78 is 36.0. The van der Waals surface area contributed by atoms with Crippen LogP contribution in [0.4, 0.5) is 15.9 Å². The Balaban J connectivity index is 0.000000183. The number of hydrogen-bond acceptors (Lipinski definition) is 12. The normalized spacial score (nSPS) is 10.3. The molecule has 9 aromatic rings. The molecule has 0 atom stereocenters. The molecule has 0 fully saturated rings. The summed E-state index contributed by atoms with van der Waals surface area (Å²) in [7, 11) is -2.61. The number of nitrogens with zero attached hydrogens (tertiary/aromatic N) is 4. The van der Waals surface area contributed by atoms with Crippen molar-refractivity contribution in [1.82, 2.24) is 19.9 Å². The van der Waals surface area contributed by atoms with Gasteiger partial charge in [-0.2, -0.15) is 13.2 Å². The van der Waals surface area contributed by atoms with E-state index in [1.807, 2.05) is 85.9 Å². The van der Waals surface area contributed by atoms with Crippen molar-refractivity contribution in [1.29, 1.82) is 4.78 Å². The molecular weight excluding hydrogens is 1000 g/mol. The van der Waals surface area contributed by atoms with Gasteiger partial charge in [0.1, 0.15) is 18.0 Å². The average molecular weight is 1060 g/mol. The number of aromatic nitrogens is 4. The fraction of sp³-hybridized carbons (Fsp3) is 0.131. The molecule has 0 spiro atoms. The van der Waals surface area contributed by atoms with Crippen molar-refractivity contribution < 1.29 is 27.2 Å². The number of nitrogens with two attached hydrogens (primary N) is 5. The Kier molecular flexibility index (Phi) is 20.8. The monoisotopic (exact) mass is 1060 g/mol. The van der Waals surface area contributed by atoms with Gasteiger partial charge < -0.3 is 28.7 Å². The number of carbonyl (C=O) groups excluding carboxylic acids is 3. The number of benzene rings is 6. The third-order valence-electron chi connectivity index (χ3n) is 12.1. The molecule has 0 aliphatic heterocycles. The van der Waals surface area contributed by atoms with Crippen LogP contribution in [0.3, 0.4) is 0 Å². The second kappa shape index (κ2) is 28.2. The van der Waals surface area contributed by atoms with Crippen LogP contribution < -0.4 is 28.7 Å². The number of amides is 3. The second-order valence-electron chi connectivity index (χ2n) is 18.1. The summed E-state index contributed by atoms with van der Waals surface area (Å²) in [6.45, 7) is 4.07. The zero-order valence-corrected chi connectivity index (χ0v) is 43.9. The predicted octanol–water partition coefficient (Wildman–Crippen LogP) is 10.4. The number of primary amides is 3. The summed E-state index contributed by atoms with van der Waals surface area (Å²) in [5.74, 6) is -0.744. The molecule has 0 unspecified atom stereocenters. The standard InChI is InChI=1S/C22H20FNO.C20H20N4O.C19H18N4O.HNO2S/c1-15-3-2-4-18(13-15)21-11-7-17(14-19(21)8-12-22(24)25)16-5-9-20(23)10-6-16;1-13-6-16(9-18(21)7-13)19-4-2-14(17-10-23-12-24-11-17)8-15(19)3-5-20(22)25;20-18-11-15(7-9-23-18)17-5-3-13(16-2-1-8-22-12-16)10-14(17)4-6-19(21)24;1-4(2)3/h2-7,9-11,13-14H,8,12H2,1H3,(H2,24,25);2,4,6-12H,3,5,21H2,1H3,(H2,22,25);1-3,5,7-12H,4,6H2,(H2,20,23)(H2,21,24);1H. The molecule has 0 aliphatic rings. The fourth-order valence-corrected chi connectivity index (χ4v) is 8.58. The first-order valence-corrected chi connectivity index (χ1v) is 25.6. The summed E-state index contributed by atoms with van der Waals surface area (Å²) in [6.07, 6.45) is 12.9. The van der Waals surface area contributed by atoms with E-state index in [9.17, 15) is 18.8 Å². The molecule has 3 heterocycles. The van der Waals surface area contributed by atoms with Crippen LogP contribution in [0.2, 0.25) is 0 Å². The number of halogens is 1. The molecule has 0 saturated carbocycles. The molecule has 15 nitrogen and oxygen atoms in total. The van der Waals surface area contributed by atoms with Crippen molar-refractivity contribution in [2.75, 3.05) is 11.5 Å². The van der Waals surface area contributed by atoms with Crippen LogP contribution in [0, 0.1) is 24.4 Å². The highest BCUT2D eigenvalue weighted by Gasteiger charge is 2.14. The lowest BCUT2D eigenvalue weighted by Crippen LogP contribution is -2.11. The van der Waals surface area contributed by atoms with Gasteiger partial charge in [0, 0.05) is 61.5 Å². The molecule has 0 aliphatic carbocycles. The molecule has 11 N–H and O–H groups in total. The van der Waals surface area contributed by atoms with Crippen molar-refractivity contribution in [3.63, 3.8) is 0 Å². The van der Waals surface area contributed by atoms with Crippen molar-refractivity contribution >= 4 is 39.7 Å². The van der Waals surface area contributed by atoms with Crippen molar-refractivity contribution in [3.8, 4) is 66.8 Å². The van der Waals surface area contributed by atoms with Crippen LogP contribution in [0.1, 0.15) is 47.1 Å². The number of nitrogen functional groups attached to an aromatic ring is 2. The van der Waals surface area contributed by atoms with Gasteiger partial charge in [0.25, 0.3) is 0 Å². The first kappa shape index (κ1) is 57.5. The summed E-state index contributed by atoms with van der Waals surface area (Å²) >= 11 is 0. The van der Waals surface area contributed by atoms with E-state index in [2.05, 4.69) is 75.4 Å². The number of hydrogen-bond donors (Lipinski definition) is 6. The molecule has 6 aromatic carbocycles. The molecular formula is C61H59FN10O5S. The van der Waals surface area contributed by atoms with Gasteiger partial charge in [0.05, 0.1) is 0 Å². The van der Waals surface area contributed by atoms with E-state index in [4.69, 9.17) is 41.9 Å². The number of rotatable bonds is 15. The van der Waals surface area contributed by atoms with Crippen molar-refractivity contribution in [2.45, 2.75) is 52.4 Å². The largest absolute Gasteiger partial charge is 0.399 e. The summed E-state index contributed by atoms with van der Waals surface area (Å²) in [5, 5.41) is 0. The van der Waals surface area contributed by atoms with E-state index in [-0.39, 0.29) is 23.5 Å². The lowest BCUT2D eigenvalue weighted by atomic mass is 9.92. The van der Waals surface area contributed by atoms with Gasteiger partial charge in [-0.15, -0.1) is 0 Å². The van der Waals surface area contributed by atoms with Crippen LogP contribution in [-0.4, -0.2) is 46.1 Å². The Morgan fingerprint density at radius 2 is 0.936 bits per heavy atom. The Morgan fingerprint density at radius 3 is 1.42 bits per heavy atom. The Bertz CT molecular complexity index is 3620. The Hall–Kier alpha value is -9.74. The van der Waals surface area contributed by atoms with Crippen molar-refractivity contribution in [3.05, 3.63) is 217 Å². The molecule has 0 saturated heterocycles. The minimum Gasteiger partial charge on any atom is -0.399 e. The second-order valence-corrected chi connectivity index (χ2v) is 18.6. The lowest BCUT2D eigenvalue weighted by molar-refractivity contribution is -0.118. The van der Waals surface area contributed by atoms with E-state index >= 15 is 0 Å². The van der Waals surface area contributed by atoms with Gasteiger partial charge >= 0.3 is 10.5 Å². The minimum absolute atomic E-state index is 0.255. The maximum atomic E-state index is 13.2. The zero-order valence-electron chi connectivity index (χ0n) is 43.1. The number of carbonyl (C=O) groups is 3. The fourth-order valence-electron chi connectivity index (χ4n) is 8.58. The van der Waals surface area contributed by atoms with Crippen molar-refractivity contribution in [2.24, 2.45) is 17.2 Å². The summed E-state index contributed by atoms with van der Waals surface area (Å²) in [5.41, 5.74) is 46.2. The first-order valence-electron chi connectivity index (χ1n) is 24.5. The summed E-state index contributed by atoms with van der Waals surface area (Å²) in [6, 6.07) is 46.7. The van der Waals surface area contributed by atoms with Crippen LogP contribution >= 0.6 is 0 Å². The SMILES string of the molecule is Cc1cc(N)cc(-c2ccc(-c3cncnc3)cc2CCC(N)=O)c1.Cc1cccc(-c2ccc(-c3ccc(F)cc3)cc2CCC(N)=O)c1.N=S(=O)=O.NC(=O)CCc1cc(-c2cccnc2)ccc1-c1ccnc(N)c1. The maximum absolute atomic E-state index is 13.2. The van der Waals surface area contributed by atoms with Gasteiger partial charge in [0.15, 0.2) is 0 Å². The molecule has 9 rings (SSSR count). The zero-order chi connectivity index (χ0) is 56.1. The highest BCUT2D eigenvalue weighted by molar-refractivity contribution is 7.60. The van der Waals surface area contributed by atoms with E-state index in [0.717, 1.165) is 94.7 Å². The van der Waals surface area contributed by atoms with Crippen LogP contribution in [0.25, 0.3) is 66.8 Å². The number of aryl methyl sites for hydroxylation is 5.